The van der Waals surface area contributed by atoms with E-state index >= 15 is 0 Å². The molecule has 1 N–H and O–H groups in total. The molecule has 2 aromatic rings. The fourth-order valence-electron chi connectivity index (χ4n) is 2.11. The first-order valence-electron chi connectivity index (χ1n) is 6.46. The average molecular weight is 294 g/mol. The Morgan fingerprint density at radius 2 is 1.58 bits per heavy atom. The maximum atomic E-state index is 6.33. The van der Waals surface area contributed by atoms with Gasteiger partial charge in [-0.05, 0) is 30.7 Å². The minimum absolute atomic E-state index is 0.0300. The number of nitrogens with one attached hydrogen (secondary N) is 1. The minimum atomic E-state index is 0.0300. The number of halogens is 2. The van der Waals surface area contributed by atoms with Crippen LogP contribution in [0.2, 0.25) is 10.0 Å². The first-order chi connectivity index (χ1) is 9.24. The molecule has 0 aromatic heterocycles. The highest BCUT2D eigenvalue weighted by atomic mass is 35.5. The van der Waals surface area contributed by atoms with Crippen LogP contribution in [0, 0.1) is 0 Å². The van der Waals surface area contributed by atoms with Crippen LogP contribution in [0.25, 0.3) is 0 Å². The van der Waals surface area contributed by atoms with E-state index in [2.05, 4.69) is 24.4 Å². The van der Waals surface area contributed by atoms with Crippen LogP contribution in [0.1, 0.15) is 30.5 Å². The zero-order chi connectivity index (χ0) is 13.7. The molecule has 0 heterocycles. The molecular weight excluding hydrogens is 277 g/mol. The Labute approximate surface area is 124 Å². The van der Waals surface area contributed by atoms with Gasteiger partial charge in [-0.1, -0.05) is 66.5 Å². The fraction of sp³-hybridized carbons (Fsp3) is 0.250. The van der Waals surface area contributed by atoms with Gasteiger partial charge in [-0.2, -0.15) is 0 Å². The quantitative estimate of drug-likeness (QED) is 0.810. The second-order valence-electron chi connectivity index (χ2n) is 4.43. The summed E-state index contributed by atoms with van der Waals surface area (Å²) >= 11 is 12.7. The molecule has 0 aliphatic carbocycles. The highest BCUT2D eigenvalue weighted by molar-refractivity contribution is 6.36. The summed E-state index contributed by atoms with van der Waals surface area (Å²) < 4.78 is 0. The van der Waals surface area contributed by atoms with Crippen molar-refractivity contribution in [3.63, 3.8) is 0 Å². The van der Waals surface area contributed by atoms with Crippen molar-refractivity contribution in [1.82, 2.24) is 5.32 Å². The molecule has 0 aliphatic rings. The second-order valence-corrected chi connectivity index (χ2v) is 5.25. The molecule has 1 atom stereocenters. The highest BCUT2D eigenvalue weighted by Gasteiger charge is 2.18. The van der Waals surface area contributed by atoms with E-state index in [0.29, 0.717) is 10.0 Å². The third-order valence-electron chi connectivity index (χ3n) is 3.02. The molecule has 3 heteroatoms. The Bertz CT molecular complexity index is 505. The predicted molar refractivity (Wildman–Crippen MR) is 83.0 cm³/mol. The molecule has 19 heavy (non-hydrogen) atoms. The van der Waals surface area contributed by atoms with E-state index in [0.717, 1.165) is 18.5 Å². The SMILES string of the molecule is CCCNC(c1ccccc1)c1c(Cl)cccc1Cl. The van der Waals surface area contributed by atoms with Gasteiger partial charge in [-0.3, -0.25) is 0 Å². The number of hydrogen-bond donors (Lipinski definition) is 1. The van der Waals surface area contributed by atoms with Gasteiger partial charge in [0.1, 0.15) is 0 Å². The lowest BCUT2D eigenvalue weighted by Crippen LogP contribution is -2.23. The van der Waals surface area contributed by atoms with Crippen LogP contribution in [0.4, 0.5) is 0 Å². The minimum Gasteiger partial charge on any atom is -0.306 e. The molecule has 2 aromatic carbocycles. The lowest BCUT2D eigenvalue weighted by molar-refractivity contribution is 0.599. The Balaban J connectivity index is 2.43. The number of benzene rings is 2. The monoisotopic (exact) mass is 293 g/mol. The summed E-state index contributed by atoms with van der Waals surface area (Å²) in [5, 5.41) is 4.91. The van der Waals surface area contributed by atoms with Crippen LogP contribution < -0.4 is 5.32 Å². The van der Waals surface area contributed by atoms with Gasteiger partial charge >= 0.3 is 0 Å². The molecule has 2 rings (SSSR count). The molecule has 1 unspecified atom stereocenters. The van der Waals surface area contributed by atoms with Crippen LogP contribution in [0.15, 0.2) is 48.5 Å². The first-order valence-corrected chi connectivity index (χ1v) is 7.22. The summed E-state index contributed by atoms with van der Waals surface area (Å²) in [6, 6.07) is 15.9. The first kappa shape index (κ1) is 14.4. The molecule has 0 aliphatic heterocycles. The van der Waals surface area contributed by atoms with Crippen molar-refractivity contribution in [3.8, 4) is 0 Å². The largest absolute Gasteiger partial charge is 0.306 e. The molecule has 1 nitrogen and oxygen atoms in total. The van der Waals surface area contributed by atoms with Gasteiger partial charge in [0, 0.05) is 15.6 Å². The third-order valence-corrected chi connectivity index (χ3v) is 3.68. The smallest absolute Gasteiger partial charge is 0.0606 e. The molecule has 0 bridgehead atoms. The van der Waals surface area contributed by atoms with E-state index in [-0.39, 0.29) is 6.04 Å². The molecular formula is C16H17Cl2N. The number of hydrogen-bond acceptors (Lipinski definition) is 1. The van der Waals surface area contributed by atoms with E-state index in [9.17, 15) is 0 Å². The Morgan fingerprint density at radius 3 is 2.16 bits per heavy atom. The van der Waals surface area contributed by atoms with E-state index in [4.69, 9.17) is 23.2 Å². The molecule has 0 amide bonds. The van der Waals surface area contributed by atoms with Crippen molar-refractivity contribution in [2.75, 3.05) is 6.54 Å². The van der Waals surface area contributed by atoms with Gasteiger partial charge in [0.25, 0.3) is 0 Å². The van der Waals surface area contributed by atoms with Gasteiger partial charge in [0.15, 0.2) is 0 Å². The van der Waals surface area contributed by atoms with Gasteiger partial charge in [-0.25, -0.2) is 0 Å². The van der Waals surface area contributed by atoms with E-state index in [1.54, 1.807) is 0 Å². The van der Waals surface area contributed by atoms with Crippen LogP contribution in [0.5, 0.6) is 0 Å². The Morgan fingerprint density at radius 1 is 0.947 bits per heavy atom. The molecule has 0 spiro atoms. The van der Waals surface area contributed by atoms with Crippen LogP contribution >= 0.6 is 23.2 Å². The van der Waals surface area contributed by atoms with E-state index in [1.807, 2.05) is 36.4 Å². The Kier molecular flexibility index (Phi) is 5.26. The molecule has 100 valence electrons. The van der Waals surface area contributed by atoms with Crippen molar-refractivity contribution < 1.29 is 0 Å². The standard InChI is InChI=1S/C16H17Cl2N/c1-2-11-19-16(12-7-4-3-5-8-12)15-13(17)9-6-10-14(15)18/h3-10,16,19H,2,11H2,1H3. The molecule has 0 saturated heterocycles. The van der Waals surface area contributed by atoms with Crippen molar-refractivity contribution in [2.24, 2.45) is 0 Å². The van der Waals surface area contributed by atoms with E-state index < -0.39 is 0 Å². The summed E-state index contributed by atoms with van der Waals surface area (Å²) in [5.74, 6) is 0. The normalized spacial score (nSPS) is 12.4. The predicted octanol–water partition coefficient (Wildman–Crippen LogP) is 5.08. The molecule has 0 saturated carbocycles. The second kappa shape index (κ2) is 6.95. The van der Waals surface area contributed by atoms with Gasteiger partial charge in [-0.15, -0.1) is 0 Å². The fourth-order valence-corrected chi connectivity index (χ4v) is 2.72. The maximum absolute atomic E-state index is 6.33. The van der Waals surface area contributed by atoms with Gasteiger partial charge in [0.2, 0.25) is 0 Å². The zero-order valence-electron chi connectivity index (χ0n) is 10.9. The number of rotatable bonds is 5. The highest BCUT2D eigenvalue weighted by Crippen LogP contribution is 2.33. The summed E-state index contributed by atoms with van der Waals surface area (Å²) in [6.07, 6.45) is 1.06. The maximum Gasteiger partial charge on any atom is 0.0606 e. The summed E-state index contributed by atoms with van der Waals surface area (Å²) in [4.78, 5) is 0. The summed E-state index contributed by atoms with van der Waals surface area (Å²) in [6.45, 7) is 3.06. The van der Waals surface area contributed by atoms with Crippen LogP contribution in [-0.2, 0) is 0 Å². The summed E-state index contributed by atoms with van der Waals surface area (Å²) in [7, 11) is 0. The van der Waals surface area contributed by atoms with E-state index in [1.165, 1.54) is 5.56 Å². The van der Waals surface area contributed by atoms with Gasteiger partial charge in [0.05, 0.1) is 6.04 Å². The van der Waals surface area contributed by atoms with Crippen molar-refractivity contribution in [1.29, 1.82) is 0 Å². The van der Waals surface area contributed by atoms with Crippen LogP contribution in [-0.4, -0.2) is 6.54 Å². The van der Waals surface area contributed by atoms with Crippen molar-refractivity contribution in [3.05, 3.63) is 69.7 Å². The molecule has 0 fully saturated rings. The lowest BCUT2D eigenvalue weighted by atomic mass is 9.98. The zero-order valence-corrected chi connectivity index (χ0v) is 12.4. The summed E-state index contributed by atoms with van der Waals surface area (Å²) in [5.41, 5.74) is 2.12. The Hall–Kier alpha value is -1.02. The third kappa shape index (κ3) is 3.50. The van der Waals surface area contributed by atoms with Crippen molar-refractivity contribution >= 4 is 23.2 Å². The molecule has 0 radical (unpaired) electrons. The average Bonchev–Trinajstić information content (AvgIpc) is 2.43. The van der Waals surface area contributed by atoms with Crippen LogP contribution in [0.3, 0.4) is 0 Å². The lowest BCUT2D eigenvalue weighted by Gasteiger charge is -2.22. The van der Waals surface area contributed by atoms with Crippen molar-refractivity contribution in [2.45, 2.75) is 19.4 Å². The van der Waals surface area contributed by atoms with Gasteiger partial charge < -0.3 is 5.32 Å². The topological polar surface area (TPSA) is 12.0 Å².